The van der Waals surface area contributed by atoms with E-state index in [1.54, 1.807) is 4.90 Å². The van der Waals surface area contributed by atoms with Crippen LogP contribution in [0.15, 0.2) is 36.4 Å². The smallest absolute Gasteiger partial charge is 0.258 e. The Bertz CT molecular complexity index is 1030. The molecule has 8 heteroatoms. The lowest BCUT2D eigenvalue weighted by atomic mass is 9.99. The van der Waals surface area contributed by atoms with E-state index in [9.17, 15) is 9.90 Å². The fourth-order valence-corrected chi connectivity index (χ4v) is 4.43. The number of anilines is 1. The summed E-state index contributed by atoms with van der Waals surface area (Å²) in [5, 5.41) is 9.83. The molecule has 2 aromatic rings. The van der Waals surface area contributed by atoms with Crippen molar-refractivity contribution < 1.29 is 24.1 Å². The minimum Gasteiger partial charge on any atom is -0.488 e. The third-order valence-corrected chi connectivity index (χ3v) is 6.55. The summed E-state index contributed by atoms with van der Waals surface area (Å²) in [6, 6.07) is 11.4. The molecule has 0 unspecified atom stereocenters. The highest BCUT2D eigenvalue weighted by atomic mass is 16.7. The molecular formula is C26H35N3O5. The molecule has 0 radical (unpaired) electrons. The SMILES string of the molecule is C[C@H]1CN([C@@H](C)CO)C(=O)c2cc(N(C)C)ccc2O[C@H]1CN(C)Cc1ccc2c(c1)OCO2. The largest absolute Gasteiger partial charge is 0.488 e. The Hall–Kier alpha value is -2.97. The number of amides is 1. The van der Waals surface area contributed by atoms with Crippen LogP contribution in [0.4, 0.5) is 5.69 Å². The van der Waals surface area contributed by atoms with E-state index in [1.807, 2.05) is 62.3 Å². The average Bonchev–Trinajstić information content (AvgIpc) is 3.28. The van der Waals surface area contributed by atoms with Crippen molar-refractivity contribution in [1.82, 2.24) is 9.80 Å². The van der Waals surface area contributed by atoms with Crippen molar-refractivity contribution in [2.75, 3.05) is 52.5 Å². The Labute approximate surface area is 201 Å². The molecule has 0 saturated carbocycles. The Balaban J connectivity index is 1.57. The van der Waals surface area contributed by atoms with Crippen LogP contribution in [0.2, 0.25) is 0 Å². The van der Waals surface area contributed by atoms with E-state index in [4.69, 9.17) is 14.2 Å². The predicted molar refractivity (Wildman–Crippen MR) is 131 cm³/mol. The number of fused-ring (bicyclic) bond motifs is 2. The first-order valence-electron chi connectivity index (χ1n) is 11.7. The van der Waals surface area contributed by atoms with Crippen LogP contribution in [0, 0.1) is 5.92 Å². The number of likely N-dealkylation sites (N-methyl/N-ethyl adjacent to an activating group) is 1. The van der Waals surface area contributed by atoms with E-state index in [2.05, 4.69) is 18.9 Å². The van der Waals surface area contributed by atoms with Crippen LogP contribution in [-0.2, 0) is 6.54 Å². The lowest BCUT2D eigenvalue weighted by Gasteiger charge is -2.38. The minimum atomic E-state index is -0.282. The molecule has 0 aromatic heterocycles. The number of carbonyl (C=O) groups excluding carboxylic acids is 1. The van der Waals surface area contributed by atoms with Gasteiger partial charge in [-0.15, -0.1) is 0 Å². The molecule has 0 aliphatic carbocycles. The van der Waals surface area contributed by atoms with E-state index in [-0.39, 0.29) is 37.4 Å². The summed E-state index contributed by atoms with van der Waals surface area (Å²) in [7, 11) is 5.95. The Morgan fingerprint density at radius 2 is 1.82 bits per heavy atom. The summed E-state index contributed by atoms with van der Waals surface area (Å²) >= 11 is 0. The van der Waals surface area contributed by atoms with Crippen LogP contribution in [-0.4, -0.2) is 80.6 Å². The van der Waals surface area contributed by atoms with Crippen LogP contribution >= 0.6 is 0 Å². The predicted octanol–water partition coefficient (Wildman–Crippen LogP) is 2.83. The molecular weight excluding hydrogens is 434 g/mol. The fraction of sp³-hybridized carbons (Fsp3) is 0.500. The minimum absolute atomic E-state index is 0.0684. The number of aliphatic hydroxyl groups excluding tert-OH is 1. The van der Waals surface area contributed by atoms with Crippen LogP contribution in [0.3, 0.4) is 0 Å². The van der Waals surface area contributed by atoms with Gasteiger partial charge in [0.25, 0.3) is 5.91 Å². The first-order valence-corrected chi connectivity index (χ1v) is 11.7. The molecule has 34 heavy (non-hydrogen) atoms. The van der Waals surface area contributed by atoms with E-state index >= 15 is 0 Å². The zero-order valence-corrected chi connectivity index (χ0v) is 20.7. The van der Waals surface area contributed by atoms with Gasteiger partial charge in [-0.3, -0.25) is 9.69 Å². The van der Waals surface area contributed by atoms with Gasteiger partial charge in [0.05, 0.1) is 18.2 Å². The lowest BCUT2D eigenvalue weighted by Crippen LogP contribution is -2.49. The Morgan fingerprint density at radius 3 is 2.56 bits per heavy atom. The van der Waals surface area contributed by atoms with Crippen molar-refractivity contribution in [3.05, 3.63) is 47.5 Å². The van der Waals surface area contributed by atoms with E-state index < -0.39 is 0 Å². The number of benzene rings is 2. The molecule has 1 amide bonds. The molecule has 2 aliphatic rings. The maximum atomic E-state index is 13.5. The van der Waals surface area contributed by atoms with Crippen molar-refractivity contribution in [3.8, 4) is 17.2 Å². The van der Waals surface area contributed by atoms with Crippen molar-refractivity contribution in [1.29, 1.82) is 0 Å². The van der Waals surface area contributed by atoms with Crippen LogP contribution in [0.1, 0.15) is 29.8 Å². The van der Waals surface area contributed by atoms with Gasteiger partial charge in [-0.1, -0.05) is 13.0 Å². The zero-order chi connectivity index (χ0) is 24.4. The number of aliphatic hydroxyl groups is 1. The van der Waals surface area contributed by atoms with E-state index in [0.717, 1.165) is 29.3 Å². The van der Waals surface area contributed by atoms with Crippen molar-refractivity contribution in [2.24, 2.45) is 5.92 Å². The first-order chi connectivity index (χ1) is 16.3. The topological polar surface area (TPSA) is 74.7 Å². The van der Waals surface area contributed by atoms with Gasteiger partial charge in [0.15, 0.2) is 11.5 Å². The highest BCUT2D eigenvalue weighted by Crippen LogP contribution is 2.34. The average molecular weight is 470 g/mol. The molecule has 1 N–H and O–H groups in total. The van der Waals surface area contributed by atoms with Crippen molar-refractivity contribution in [2.45, 2.75) is 32.5 Å². The van der Waals surface area contributed by atoms with Gasteiger partial charge in [-0.25, -0.2) is 0 Å². The van der Waals surface area contributed by atoms with Gasteiger partial charge in [0, 0.05) is 45.3 Å². The maximum Gasteiger partial charge on any atom is 0.258 e. The summed E-state index contributed by atoms with van der Waals surface area (Å²) in [6.07, 6.45) is -0.135. The van der Waals surface area contributed by atoms with Gasteiger partial charge in [-0.05, 0) is 49.9 Å². The maximum absolute atomic E-state index is 13.5. The molecule has 8 nitrogen and oxygen atoms in total. The monoisotopic (exact) mass is 469 g/mol. The number of hydrogen-bond acceptors (Lipinski definition) is 7. The highest BCUT2D eigenvalue weighted by Gasteiger charge is 2.33. The van der Waals surface area contributed by atoms with Crippen LogP contribution in [0.5, 0.6) is 17.2 Å². The number of nitrogens with zero attached hydrogens (tertiary/aromatic N) is 3. The van der Waals surface area contributed by atoms with Gasteiger partial charge < -0.3 is 29.1 Å². The molecule has 2 heterocycles. The van der Waals surface area contributed by atoms with Crippen LogP contribution in [0.25, 0.3) is 0 Å². The second-order valence-electron chi connectivity index (χ2n) is 9.58. The molecule has 184 valence electrons. The third-order valence-electron chi connectivity index (χ3n) is 6.55. The Kier molecular flexibility index (Phi) is 7.19. The van der Waals surface area contributed by atoms with Gasteiger partial charge in [0.1, 0.15) is 11.9 Å². The molecule has 0 saturated heterocycles. The summed E-state index contributed by atoms with van der Waals surface area (Å²) < 4.78 is 17.4. The molecule has 0 bridgehead atoms. The molecule has 3 atom stereocenters. The summed E-state index contributed by atoms with van der Waals surface area (Å²) in [5.41, 5.74) is 2.59. The third kappa shape index (κ3) is 5.08. The zero-order valence-electron chi connectivity index (χ0n) is 20.7. The number of ether oxygens (including phenoxy) is 3. The fourth-order valence-electron chi connectivity index (χ4n) is 4.43. The molecule has 2 aliphatic heterocycles. The van der Waals surface area contributed by atoms with Crippen LogP contribution < -0.4 is 19.1 Å². The second-order valence-corrected chi connectivity index (χ2v) is 9.58. The van der Waals surface area contributed by atoms with Gasteiger partial charge >= 0.3 is 0 Å². The quantitative estimate of drug-likeness (QED) is 0.668. The number of rotatable bonds is 7. The highest BCUT2D eigenvalue weighted by molar-refractivity contribution is 5.98. The Morgan fingerprint density at radius 1 is 1.09 bits per heavy atom. The summed E-state index contributed by atoms with van der Waals surface area (Å²) in [5.74, 6) is 2.09. The summed E-state index contributed by atoms with van der Waals surface area (Å²) in [4.78, 5) is 19.4. The van der Waals surface area contributed by atoms with Crippen molar-refractivity contribution in [3.63, 3.8) is 0 Å². The number of hydrogen-bond donors (Lipinski definition) is 1. The standard InChI is InChI=1S/C26H35N3O5/c1-17-12-29(18(2)15-30)26(31)21-11-20(27(3)4)7-9-22(21)34-25(17)14-28(5)13-19-6-8-23-24(10-19)33-16-32-23/h6-11,17-18,25,30H,12-16H2,1-5H3/t17-,18-,25-/m0/s1. The molecule has 0 spiro atoms. The van der Waals surface area contributed by atoms with Gasteiger partial charge in [0.2, 0.25) is 6.79 Å². The molecule has 2 aromatic carbocycles. The van der Waals surface area contributed by atoms with Gasteiger partial charge in [-0.2, -0.15) is 0 Å². The number of carbonyl (C=O) groups is 1. The lowest BCUT2D eigenvalue weighted by molar-refractivity contribution is 0.0341. The van der Waals surface area contributed by atoms with E-state index in [0.29, 0.717) is 24.4 Å². The normalized spacial score (nSPS) is 20.4. The first kappa shape index (κ1) is 24.2. The van der Waals surface area contributed by atoms with Crippen molar-refractivity contribution >= 4 is 11.6 Å². The second kappa shape index (κ2) is 10.1. The van der Waals surface area contributed by atoms with E-state index in [1.165, 1.54) is 0 Å². The molecule has 4 rings (SSSR count). The molecule has 0 fully saturated rings. The summed E-state index contributed by atoms with van der Waals surface area (Å²) in [6.45, 7) is 6.07.